The van der Waals surface area contributed by atoms with Gasteiger partial charge in [-0.2, -0.15) is 5.10 Å². The minimum atomic E-state index is -0.276. The highest BCUT2D eigenvalue weighted by Gasteiger charge is 2.32. The van der Waals surface area contributed by atoms with Crippen molar-refractivity contribution in [2.24, 2.45) is 5.10 Å². The number of rotatable bonds is 3. The van der Waals surface area contributed by atoms with E-state index in [9.17, 15) is 4.79 Å². The Labute approximate surface area is 190 Å². The van der Waals surface area contributed by atoms with Crippen LogP contribution in [0.15, 0.2) is 71.8 Å². The third-order valence-corrected chi connectivity index (χ3v) is 6.01. The van der Waals surface area contributed by atoms with Crippen LogP contribution in [0, 0.1) is 0 Å². The average molecular weight is 452 g/mol. The third kappa shape index (κ3) is 4.11. The van der Waals surface area contributed by atoms with Gasteiger partial charge in [0, 0.05) is 28.1 Å². The number of nitrogens with zero attached hydrogens (tertiary/aromatic N) is 2. The van der Waals surface area contributed by atoms with E-state index in [1.807, 2.05) is 66.7 Å². The van der Waals surface area contributed by atoms with Gasteiger partial charge >= 0.3 is 6.03 Å². The SMILES string of the molecule is O=C(Nc1ccc2c(c1)CCO2)N1CC(c2ccc(Cl)cc2)C(c2ccc(Cl)cc2)=N1. The van der Waals surface area contributed by atoms with Crippen molar-refractivity contribution in [3.63, 3.8) is 0 Å². The monoisotopic (exact) mass is 451 g/mol. The first kappa shape index (κ1) is 19.9. The normalized spacial score (nSPS) is 17.2. The smallest absolute Gasteiger partial charge is 0.342 e. The number of urea groups is 1. The molecule has 0 radical (unpaired) electrons. The Kier molecular flexibility index (Phi) is 5.30. The van der Waals surface area contributed by atoms with E-state index in [-0.39, 0.29) is 11.9 Å². The lowest BCUT2D eigenvalue weighted by molar-refractivity contribution is 0.218. The number of hydrogen-bond acceptors (Lipinski definition) is 3. The topological polar surface area (TPSA) is 53.9 Å². The Bertz CT molecular complexity index is 1160. The first-order valence-electron chi connectivity index (χ1n) is 10.0. The van der Waals surface area contributed by atoms with E-state index in [1.54, 1.807) is 0 Å². The molecule has 0 saturated carbocycles. The summed E-state index contributed by atoms with van der Waals surface area (Å²) in [5, 5.41) is 10.4. The molecule has 5 nitrogen and oxygen atoms in total. The minimum absolute atomic E-state index is 0.0717. The van der Waals surface area contributed by atoms with Crippen molar-refractivity contribution in [3.8, 4) is 5.75 Å². The van der Waals surface area contributed by atoms with Crippen LogP contribution in [0.5, 0.6) is 5.75 Å². The molecule has 0 saturated heterocycles. The molecule has 1 N–H and O–H groups in total. The standard InChI is InChI=1S/C24H19Cl2N3O2/c25-18-5-1-15(2-6-18)21-14-29(28-23(21)16-3-7-19(26)8-4-16)24(30)27-20-9-10-22-17(13-20)11-12-31-22/h1-10,13,21H,11-12,14H2,(H,27,30). The van der Waals surface area contributed by atoms with Crippen molar-refractivity contribution in [1.29, 1.82) is 0 Å². The zero-order valence-electron chi connectivity index (χ0n) is 16.5. The van der Waals surface area contributed by atoms with Gasteiger partial charge in [-0.3, -0.25) is 0 Å². The number of hydrogen-bond donors (Lipinski definition) is 1. The summed E-state index contributed by atoms with van der Waals surface area (Å²) in [7, 11) is 0. The van der Waals surface area contributed by atoms with Crippen molar-refractivity contribution in [3.05, 3.63) is 93.5 Å². The van der Waals surface area contributed by atoms with E-state index in [1.165, 1.54) is 5.01 Å². The molecule has 0 aliphatic carbocycles. The van der Waals surface area contributed by atoms with E-state index >= 15 is 0 Å². The average Bonchev–Trinajstić information content (AvgIpc) is 3.42. The van der Waals surface area contributed by atoms with Crippen LogP contribution in [0.25, 0.3) is 0 Å². The Morgan fingerprint density at radius 3 is 2.45 bits per heavy atom. The quantitative estimate of drug-likeness (QED) is 0.533. The number of nitrogens with one attached hydrogen (secondary N) is 1. The van der Waals surface area contributed by atoms with Gasteiger partial charge in [0.1, 0.15) is 5.75 Å². The molecule has 2 heterocycles. The molecule has 2 aliphatic rings. The molecule has 0 fully saturated rings. The van der Waals surface area contributed by atoms with Crippen molar-refractivity contribution in [2.75, 3.05) is 18.5 Å². The second-order valence-electron chi connectivity index (χ2n) is 7.53. The predicted molar refractivity (Wildman–Crippen MR) is 124 cm³/mol. The molecular weight excluding hydrogens is 433 g/mol. The van der Waals surface area contributed by atoms with Crippen LogP contribution >= 0.6 is 23.2 Å². The van der Waals surface area contributed by atoms with Crippen molar-refractivity contribution < 1.29 is 9.53 Å². The fourth-order valence-corrected chi connectivity index (χ4v) is 4.17. The Morgan fingerprint density at radius 1 is 1.00 bits per heavy atom. The fourth-order valence-electron chi connectivity index (χ4n) is 3.92. The molecule has 31 heavy (non-hydrogen) atoms. The Balaban J connectivity index is 1.42. The van der Waals surface area contributed by atoms with Crippen LogP contribution in [-0.2, 0) is 6.42 Å². The summed E-state index contributed by atoms with van der Waals surface area (Å²) in [6, 6.07) is 20.6. The summed E-state index contributed by atoms with van der Waals surface area (Å²) < 4.78 is 5.54. The van der Waals surface area contributed by atoms with Gasteiger partial charge in [0.15, 0.2) is 0 Å². The van der Waals surface area contributed by atoms with E-state index in [2.05, 4.69) is 10.4 Å². The Morgan fingerprint density at radius 2 is 1.71 bits per heavy atom. The molecule has 2 aliphatic heterocycles. The molecule has 2 amide bonds. The molecule has 156 valence electrons. The highest BCUT2D eigenvalue weighted by molar-refractivity contribution is 6.31. The Hall–Kier alpha value is -3.02. The molecule has 7 heteroatoms. The van der Waals surface area contributed by atoms with E-state index in [0.717, 1.165) is 40.3 Å². The van der Waals surface area contributed by atoms with Gasteiger partial charge in [-0.15, -0.1) is 0 Å². The largest absolute Gasteiger partial charge is 0.493 e. The van der Waals surface area contributed by atoms with Gasteiger partial charge in [0.05, 0.1) is 18.9 Å². The van der Waals surface area contributed by atoms with Crippen LogP contribution in [0.1, 0.15) is 22.6 Å². The van der Waals surface area contributed by atoms with Crippen molar-refractivity contribution in [2.45, 2.75) is 12.3 Å². The van der Waals surface area contributed by atoms with Crippen LogP contribution in [-0.4, -0.2) is 29.9 Å². The third-order valence-electron chi connectivity index (χ3n) is 5.50. The minimum Gasteiger partial charge on any atom is -0.493 e. The van der Waals surface area contributed by atoms with Gasteiger partial charge in [0.2, 0.25) is 0 Å². The summed E-state index contributed by atoms with van der Waals surface area (Å²) >= 11 is 12.1. The molecule has 1 unspecified atom stereocenters. The number of benzene rings is 3. The predicted octanol–water partition coefficient (Wildman–Crippen LogP) is 5.96. The molecule has 0 aromatic heterocycles. The van der Waals surface area contributed by atoms with Crippen molar-refractivity contribution >= 4 is 40.6 Å². The van der Waals surface area contributed by atoms with E-state index < -0.39 is 0 Å². The lowest BCUT2D eigenvalue weighted by Crippen LogP contribution is -2.30. The van der Waals surface area contributed by atoms with Gasteiger partial charge in [-0.1, -0.05) is 47.5 Å². The van der Waals surface area contributed by atoms with E-state index in [0.29, 0.717) is 23.2 Å². The summed E-state index contributed by atoms with van der Waals surface area (Å²) in [4.78, 5) is 13.0. The molecule has 1 atom stereocenters. The number of carbonyl (C=O) groups is 1. The number of amides is 2. The van der Waals surface area contributed by atoms with Gasteiger partial charge in [-0.05, 0) is 59.2 Å². The van der Waals surface area contributed by atoms with Crippen LogP contribution in [0.3, 0.4) is 0 Å². The second kappa shape index (κ2) is 8.25. The molecule has 5 rings (SSSR count). The number of anilines is 1. The number of carbonyl (C=O) groups excluding carboxylic acids is 1. The summed E-state index contributed by atoms with van der Waals surface area (Å²) in [6.07, 6.45) is 0.847. The highest BCUT2D eigenvalue weighted by atomic mass is 35.5. The highest BCUT2D eigenvalue weighted by Crippen LogP contribution is 2.31. The maximum absolute atomic E-state index is 13.0. The molecule has 0 spiro atoms. The van der Waals surface area contributed by atoms with Crippen LogP contribution < -0.4 is 10.1 Å². The molecule has 3 aromatic rings. The van der Waals surface area contributed by atoms with Crippen LogP contribution in [0.4, 0.5) is 10.5 Å². The maximum atomic E-state index is 13.0. The van der Waals surface area contributed by atoms with Crippen molar-refractivity contribution in [1.82, 2.24) is 5.01 Å². The van der Waals surface area contributed by atoms with Gasteiger partial charge < -0.3 is 10.1 Å². The maximum Gasteiger partial charge on any atom is 0.342 e. The van der Waals surface area contributed by atoms with Crippen LogP contribution in [0.2, 0.25) is 10.0 Å². The molecule has 0 bridgehead atoms. The summed E-state index contributed by atoms with van der Waals surface area (Å²) in [6.45, 7) is 1.11. The number of ether oxygens (including phenoxy) is 1. The van der Waals surface area contributed by atoms with Gasteiger partial charge in [0.25, 0.3) is 0 Å². The fraction of sp³-hybridized carbons (Fsp3) is 0.167. The zero-order chi connectivity index (χ0) is 21.4. The number of hydrazone groups is 1. The second-order valence-corrected chi connectivity index (χ2v) is 8.40. The first-order valence-corrected chi connectivity index (χ1v) is 10.8. The lowest BCUT2D eigenvalue weighted by atomic mass is 9.91. The zero-order valence-corrected chi connectivity index (χ0v) is 18.0. The molecule has 3 aromatic carbocycles. The first-order chi connectivity index (χ1) is 15.1. The number of fused-ring (bicyclic) bond motifs is 1. The summed E-state index contributed by atoms with van der Waals surface area (Å²) in [5.41, 5.74) is 4.62. The number of halogens is 2. The van der Waals surface area contributed by atoms with Gasteiger partial charge in [-0.25, -0.2) is 9.80 Å². The summed E-state index contributed by atoms with van der Waals surface area (Å²) in [5.74, 6) is 0.808. The molecular formula is C24H19Cl2N3O2. The lowest BCUT2D eigenvalue weighted by Gasteiger charge is -2.16. The van der Waals surface area contributed by atoms with E-state index in [4.69, 9.17) is 27.9 Å².